The summed E-state index contributed by atoms with van der Waals surface area (Å²) in [6.45, 7) is 0. The maximum absolute atomic E-state index is 5.36. The largest absolute Gasteiger partial charge is 0.309 e. The Hall–Kier alpha value is -5.91. The lowest BCUT2D eigenvalue weighted by atomic mass is 10.0. The van der Waals surface area contributed by atoms with Gasteiger partial charge < -0.3 is 4.57 Å². The summed E-state index contributed by atoms with van der Waals surface area (Å²) in [6.07, 6.45) is 0. The number of rotatable bonds is 2. The van der Waals surface area contributed by atoms with Crippen LogP contribution < -0.4 is 0 Å². The molecule has 0 bridgehead atoms. The predicted molar refractivity (Wildman–Crippen MR) is 195 cm³/mol. The number of hydrogen-bond acceptors (Lipinski definition) is 3. The Morgan fingerprint density at radius 2 is 1.11 bits per heavy atom. The third kappa shape index (κ3) is 3.38. The Bertz CT molecular complexity index is 2940. The molecule has 218 valence electrons. The van der Waals surface area contributed by atoms with E-state index < -0.39 is 0 Å². The van der Waals surface area contributed by atoms with Crippen LogP contribution in [0.1, 0.15) is 0 Å². The van der Waals surface area contributed by atoms with Crippen molar-refractivity contribution >= 4 is 77.0 Å². The van der Waals surface area contributed by atoms with Gasteiger partial charge in [0.2, 0.25) is 5.95 Å². The molecule has 10 aromatic rings. The molecular formula is C42H24N4S. The third-order valence-corrected chi connectivity index (χ3v) is 10.9. The predicted octanol–water partition coefficient (Wildman–Crippen LogP) is 11.1. The van der Waals surface area contributed by atoms with Crippen LogP contribution in [-0.4, -0.2) is 19.1 Å². The topological polar surface area (TPSA) is 35.6 Å². The fourth-order valence-corrected chi connectivity index (χ4v) is 8.89. The third-order valence-electron chi connectivity index (χ3n) is 9.71. The van der Waals surface area contributed by atoms with Crippen molar-refractivity contribution in [2.75, 3.05) is 0 Å². The van der Waals surface area contributed by atoms with E-state index in [0.29, 0.717) is 5.95 Å². The van der Waals surface area contributed by atoms with Gasteiger partial charge in [-0.25, -0.2) is 9.97 Å². The number of aromatic nitrogens is 4. The van der Waals surface area contributed by atoms with Crippen LogP contribution >= 0.6 is 11.8 Å². The number of benzene rings is 7. The van der Waals surface area contributed by atoms with Gasteiger partial charge in [0, 0.05) is 53.4 Å². The van der Waals surface area contributed by atoms with E-state index in [9.17, 15) is 0 Å². The molecule has 4 nitrogen and oxygen atoms in total. The Kier molecular flexibility index (Phi) is 5.02. The van der Waals surface area contributed by atoms with Crippen LogP contribution in [0.3, 0.4) is 0 Å². The second-order valence-electron chi connectivity index (χ2n) is 12.2. The highest BCUT2D eigenvalue weighted by Gasteiger charge is 2.24. The fraction of sp³-hybridized carbons (Fsp3) is 0. The van der Waals surface area contributed by atoms with Gasteiger partial charge in [-0.2, -0.15) is 0 Å². The molecule has 0 fully saturated rings. The molecule has 0 spiro atoms. The van der Waals surface area contributed by atoms with E-state index in [4.69, 9.17) is 9.97 Å². The van der Waals surface area contributed by atoms with E-state index in [-0.39, 0.29) is 0 Å². The maximum atomic E-state index is 5.36. The lowest BCUT2D eigenvalue weighted by molar-refractivity contribution is 1.01. The molecular weight excluding hydrogens is 593 g/mol. The molecule has 0 radical (unpaired) electrons. The molecule has 11 rings (SSSR count). The Labute approximate surface area is 273 Å². The van der Waals surface area contributed by atoms with E-state index in [2.05, 4.69) is 155 Å². The van der Waals surface area contributed by atoms with Crippen LogP contribution in [-0.2, 0) is 0 Å². The molecule has 47 heavy (non-hydrogen) atoms. The van der Waals surface area contributed by atoms with Crippen molar-refractivity contribution in [3.05, 3.63) is 146 Å². The minimum atomic E-state index is 0.691. The molecule has 5 heteroatoms. The molecule has 0 amide bonds. The van der Waals surface area contributed by atoms with Crippen molar-refractivity contribution < 1.29 is 0 Å². The first-order valence-electron chi connectivity index (χ1n) is 15.9. The highest BCUT2D eigenvalue weighted by molar-refractivity contribution is 7.99. The smallest absolute Gasteiger partial charge is 0.235 e. The van der Waals surface area contributed by atoms with Crippen molar-refractivity contribution in [1.82, 2.24) is 19.1 Å². The maximum Gasteiger partial charge on any atom is 0.235 e. The van der Waals surface area contributed by atoms with Crippen molar-refractivity contribution in [3.8, 4) is 22.9 Å². The van der Waals surface area contributed by atoms with Crippen LogP contribution in [0.4, 0.5) is 0 Å². The highest BCUT2D eigenvalue weighted by atomic mass is 32.2. The van der Waals surface area contributed by atoms with Gasteiger partial charge in [0.1, 0.15) is 0 Å². The van der Waals surface area contributed by atoms with Crippen molar-refractivity contribution in [1.29, 1.82) is 0 Å². The SMILES string of the molecule is c1ccc(-n2c3ccccc3c3ccc4c(ccc5c4c4ccccc4n5-c4nc5c6c(cccc6n4)Sc4ccccc4-5)c32)cc1. The second-order valence-corrected chi connectivity index (χ2v) is 13.3. The zero-order valence-electron chi connectivity index (χ0n) is 25.1. The molecule has 0 N–H and O–H groups in total. The summed E-state index contributed by atoms with van der Waals surface area (Å²) in [6, 6.07) is 52.2. The van der Waals surface area contributed by atoms with E-state index in [1.165, 1.54) is 53.1 Å². The molecule has 0 unspecified atom stereocenters. The first kappa shape index (κ1) is 25.3. The molecule has 3 aromatic heterocycles. The van der Waals surface area contributed by atoms with Gasteiger partial charge >= 0.3 is 0 Å². The molecule has 0 saturated carbocycles. The van der Waals surface area contributed by atoms with Crippen LogP contribution in [0, 0.1) is 0 Å². The van der Waals surface area contributed by atoms with Crippen LogP contribution in [0.2, 0.25) is 0 Å². The van der Waals surface area contributed by atoms with E-state index >= 15 is 0 Å². The summed E-state index contributed by atoms with van der Waals surface area (Å²) in [4.78, 5) is 13.0. The van der Waals surface area contributed by atoms with E-state index in [1.807, 2.05) is 0 Å². The van der Waals surface area contributed by atoms with Gasteiger partial charge in [-0.3, -0.25) is 4.57 Å². The average molecular weight is 617 g/mol. The zero-order chi connectivity index (χ0) is 30.6. The first-order chi connectivity index (χ1) is 23.3. The van der Waals surface area contributed by atoms with Crippen molar-refractivity contribution in [2.24, 2.45) is 0 Å². The standard InChI is InChI=1S/C42H24N4S/c1-2-11-25(12-3-1)45-33-17-7-4-13-26(33)28-22-21-27-29(41(28)45)23-24-35-38(27)30-14-5-8-18-34(30)46(35)42-43-32-16-10-20-37-39(32)40(44-42)31-15-6-9-19-36(31)47-37/h1-24H. The average Bonchev–Trinajstić information content (AvgIpc) is 3.65. The first-order valence-corrected chi connectivity index (χ1v) is 16.7. The van der Waals surface area contributed by atoms with Crippen molar-refractivity contribution in [2.45, 2.75) is 9.79 Å². The van der Waals surface area contributed by atoms with E-state index in [1.54, 1.807) is 11.8 Å². The van der Waals surface area contributed by atoms with Crippen molar-refractivity contribution in [3.63, 3.8) is 0 Å². The molecule has 1 aliphatic heterocycles. The van der Waals surface area contributed by atoms with Gasteiger partial charge in [-0.15, -0.1) is 0 Å². The van der Waals surface area contributed by atoms with Crippen LogP contribution in [0.15, 0.2) is 155 Å². The fourth-order valence-electron chi connectivity index (χ4n) is 7.78. The van der Waals surface area contributed by atoms with Gasteiger partial charge in [-0.1, -0.05) is 109 Å². The Balaban J connectivity index is 1.27. The minimum absolute atomic E-state index is 0.691. The summed E-state index contributed by atoms with van der Waals surface area (Å²) < 4.78 is 4.68. The quantitative estimate of drug-likeness (QED) is 0.194. The van der Waals surface area contributed by atoms with Crippen LogP contribution in [0.25, 0.3) is 88.2 Å². The number of hydrogen-bond donors (Lipinski definition) is 0. The molecule has 7 aromatic carbocycles. The van der Waals surface area contributed by atoms with Gasteiger partial charge in [0.15, 0.2) is 0 Å². The van der Waals surface area contributed by atoms with Gasteiger partial charge in [0.25, 0.3) is 0 Å². The second kappa shape index (κ2) is 9.32. The molecule has 0 saturated heterocycles. The zero-order valence-corrected chi connectivity index (χ0v) is 25.9. The normalized spacial score (nSPS) is 12.6. The Morgan fingerprint density at radius 1 is 0.426 bits per heavy atom. The van der Waals surface area contributed by atoms with E-state index in [0.717, 1.165) is 38.9 Å². The number of nitrogens with zero attached hydrogens (tertiary/aromatic N) is 4. The summed E-state index contributed by atoms with van der Waals surface area (Å²) >= 11 is 1.80. The lowest BCUT2D eigenvalue weighted by Gasteiger charge is -2.20. The van der Waals surface area contributed by atoms with Gasteiger partial charge in [0.05, 0.1) is 33.3 Å². The number of para-hydroxylation sites is 3. The summed E-state index contributed by atoms with van der Waals surface area (Å²) in [5.41, 5.74) is 8.90. The lowest BCUT2D eigenvalue weighted by Crippen LogP contribution is -2.05. The highest BCUT2D eigenvalue weighted by Crippen LogP contribution is 2.47. The Morgan fingerprint density at radius 3 is 2.00 bits per heavy atom. The molecule has 0 aliphatic carbocycles. The summed E-state index contributed by atoms with van der Waals surface area (Å²) in [7, 11) is 0. The molecule has 4 heterocycles. The minimum Gasteiger partial charge on any atom is -0.309 e. The molecule has 1 aliphatic rings. The summed E-state index contributed by atoms with van der Waals surface area (Å²) in [5.74, 6) is 0.691. The monoisotopic (exact) mass is 616 g/mol. The van der Waals surface area contributed by atoms with Gasteiger partial charge in [-0.05, 0) is 53.9 Å². The number of fused-ring (bicyclic) bond motifs is 11. The van der Waals surface area contributed by atoms with Crippen LogP contribution in [0.5, 0.6) is 0 Å². The summed E-state index contributed by atoms with van der Waals surface area (Å²) in [5, 5.41) is 8.49. The molecule has 0 atom stereocenters.